The van der Waals surface area contributed by atoms with Crippen molar-refractivity contribution in [1.82, 2.24) is 0 Å². The molecule has 0 fully saturated rings. The van der Waals surface area contributed by atoms with Crippen LogP contribution in [0.1, 0.15) is 39.5 Å². The molecule has 1 N–H and O–H groups in total. The van der Waals surface area contributed by atoms with E-state index in [0.29, 0.717) is 12.5 Å². The zero-order valence-corrected chi connectivity index (χ0v) is 10.2. The Balaban J connectivity index is 0. The molecule has 0 amide bonds. The van der Waals surface area contributed by atoms with Gasteiger partial charge in [0.15, 0.2) is 0 Å². The van der Waals surface area contributed by atoms with Crippen molar-refractivity contribution in [3.05, 3.63) is 0 Å². The van der Waals surface area contributed by atoms with Gasteiger partial charge in [-0.05, 0) is 12.3 Å². The van der Waals surface area contributed by atoms with Crippen molar-refractivity contribution in [2.24, 2.45) is 5.92 Å². The SMILES string of the molecule is CCCCC(CC)CO.[Zn]. The summed E-state index contributed by atoms with van der Waals surface area (Å²) in [5.41, 5.74) is 0. The fourth-order valence-electron chi connectivity index (χ4n) is 0.917. The van der Waals surface area contributed by atoms with Gasteiger partial charge in [-0.2, -0.15) is 0 Å². The second-order valence-electron chi connectivity index (χ2n) is 2.60. The second kappa shape index (κ2) is 9.58. The predicted molar refractivity (Wildman–Crippen MR) is 40.4 cm³/mol. The topological polar surface area (TPSA) is 20.2 Å². The van der Waals surface area contributed by atoms with Crippen LogP contribution in [-0.4, -0.2) is 11.7 Å². The molecular weight excluding hydrogens is 177 g/mol. The number of hydrogen-bond donors (Lipinski definition) is 1. The molecule has 1 nitrogen and oxygen atoms in total. The normalized spacial score (nSPS) is 12.3. The van der Waals surface area contributed by atoms with E-state index in [1.165, 1.54) is 19.3 Å². The smallest absolute Gasteiger partial charge is 0.0459 e. The van der Waals surface area contributed by atoms with Crippen LogP contribution in [0.15, 0.2) is 0 Å². The molecule has 0 rings (SSSR count). The molecule has 0 spiro atoms. The summed E-state index contributed by atoms with van der Waals surface area (Å²) in [6, 6.07) is 0. The molecule has 0 aromatic rings. The minimum atomic E-state index is 0. The van der Waals surface area contributed by atoms with Crippen LogP contribution >= 0.6 is 0 Å². The van der Waals surface area contributed by atoms with Gasteiger partial charge in [0.25, 0.3) is 0 Å². The Morgan fingerprint density at radius 2 is 1.90 bits per heavy atom. The number of rotatable bonds is 5. The fraction of sp³-hybridized carbons (Fsp3) is 1.00. The van der Waals surface area contributed by atoms with Gasteiger partial charge in [0, 0.05) is 26.1 Å². The van der Waals surface area contributed by atoms with Crippen LogP contribution in [-0.2, 0) is 19.5 Å². The van der Waals surface area contributed by atoms with Gasteiger partial charge >= 0.3 is 0 Å². The van der Waals surface area contributed by atoms with E-state index in [-0.39, 0.29) is 19.5 Å². The van der Waals surface area contributed by atoms with E-state index in [1.54, 1.807) is 0 Å². The minimum absolute atomic E-state index is 0. The summed E-state index contributed by atoms with van der Waals surface area (Å²) >= 11 is 0. The molecule has 0 aliphatic rings. The third-order valence-corrected chi connectivity index (χ3v) is 1.80. The van der Waals surface area contributed by atoms with Crippen molar-refractivity contribution in [3.8, 4) is 0 Å². The van der Waals surface area contributed by atoms with Gasteiger partial charge in [0.05, 0.1) is 0 Å². The van der Waals surface area contributed by atoms with E-state index < -0.39 is 0 Å². The summed E-state index contributed by atoms with van der Waals surface area (Å²) in [5.74, 6) is 0.560. The van der Waals surface area contributed by atoms with Crippen LogP contribution in [0.5, 0.6) is 0 Å². The van der Waals surface area contributed by atoms with Gasteiger partial charge in [0.2, 0.25) is 0 Å². The van der Waals surface area contributed by atoms with E-state index >= 15 is 0 Å². The van der Waals surface area contributed by atoms with Gasteiger partial charge < -0.3 is 5.11 Å². The molecule has 1 unspecified atom stereocenters. The van der Waals surface area contributed by atoms with Gasteiger partial charge in [-0.15, -0.1) is 0 Å². The number of aliphatic hydroxyl groups is 1. The molecule has 2 heteroatoms. The van der Waals surface area contributed by atoms with E-state index in [4.69, 9.17) is 5.11 Å². The van der Waals surface area contributed by atoms with Crippen LogP contribution in [0, 0.1) is 5.92 Å². The molecule has 0 saturated carbocycles. The van der Waals surface area contributed by atoms with Crippen molar-refractivity contribution in [2.45, 2.75) is 39.5 Å². The molecule has 58 valence electrons. The molecule has 0 aromatic heterocycles. The zero-order chi connectivity index (χ0) is 7.11. The Bertz CT molecular complexity index is 53.2. The van der Waals surface area contributed by atoms with Crippen molar-refractivity contribution >= 4 is 0 Å². The molecule has 0 radical (unpaired) electrons. The van der Waals surface area contributed by atoms with E-state index in [1.807, 2.05) is 0 Å². The minimum Gasteiger partial charge on any atom is -0.396 e. The molecule has 0 aliphatic carbocycles. The Hall–Kier alpha value is 0.583. The van der Waals surface area contributed by atoms with Gasteiger partial charge in [-0.25, -0.2) is 0 Å². The standard InChI is InChI=1S/C8H18O.Zn/c1-3-5-6-8(4-2)7-9;/h8-9H,3-7H2,1-2H3;. The van der Waals surface area contributed by atoms with E-state index in [2.05, 4.69) is 13.8 Å². The van der Waals surface area contributed by atoms with Crippen LogP contribution in [0.25, 0.3) is 0 Å². The molecule has 1 atom stereocenters. The first-order valence-electron chi connectivity index (χ1n) is 3.96. The van der Waals surface area contributed by atoms with E-state index in [0.717, 1.165) is 6.42 Å². The molecule has 0 heterocycles. The Morgan fingerprint density at radius 3 is 2.20 bits per heavy atom. The quantitative estimate of drug-likeness (QED) is 0.667. The molecule has 10 heavy (non-hydrogen) atoms. The van der Waals surface area contributed by atoms with E-state index in [9.17, 15) is 0 Å². The summed E-state index contributed by atoms with van der Waals surface area (Å²) < 4.78 is 0. The third kappa shape index (κ3) is 6.70. The van der Waals surface area contributed by atoms with Gasteiger partial charge in [-0.3, -0.25) is 0 Å². The maximum absolute atomic E-state index is 8.75. The van der Waals surface area contributed by atoms with Crippen molar-refractivity contribution < 1.29 is 24.6 Å². The average Bonchev–Trinajstić information content (AvgIpc) is 1.91. The van der Waals surface area contributed by atoms with Crippen LogP contribution in [0.3, 0.4) is 0 Å². The van der Waals surface area contributed by atoms with Gasteiger partial charge in [-0.1, -0.05) is 33.1 Å². The Labute approximate surface area is 77.0 Å². The second-order valence-corrected chi connectivity index (χ2v) is 2.60. The summed E-state index contributed by atoms with van der Waals surface area (Å²) in [7, 11) is 0. The first kappa shape index (κ1) is 13.2. The fourth-order valence-corrected chi connectivity index (χ4v) is 0.917. The zero-order valence-electron chi connectivity index (χ0n) is 7.27. The van der Waals surface area contributed by atoms with Crippen LogP contribution < -0.4 is 0 Å². The van der Waals surface area contributed by atoms with Gasteiger partial charge in [0.1, 0.15) is 0 Å². The largest absolute Gasteiger partial charge is 0.396 e. The maximum atomic E-state index is 8.75. The van der Waals surface area contributed by atoms with Crippen molar-refractivity contribution in [3.63, 3.8) is 0 Å². The molecule has 0 aliphatic heterocycles. The number of aliphatic hydroxyl groups excluding tert-OH is 1. The first-order chi connectivity index (χ1) is 4.35. The average molecular weight is 196 g/mol. The summed E-state index contributed by atoms with van der Waals surface area (Å²) in [6.45, 7) is 4.69. The summed E-state index contributed by atoms with van der Waals surface area (Å²) in [6.07, 6.45) is 4.83. The van der Waals surface area contributed by atoms with Crippen molar-refractivity contribution in [2.75, 3.05) is 6.61 Å². The third-order valence-electron chi connectivity index (χ3n) is 1.80. The number of hydrogen-bond acceptors (Lipinski definition) is 1. The van der Waals surface area contributed by atoms with Crippen LogP contribution in [0.2, 0.25) is 0 Å². The monoisotopic (exact) mass is 194 g/mol. The Kier molecular flexibility index (Phi) is 12.6. The summed E-state index contributed by atoms with van der Waals surface area (Å²) in [5, 5.41) is 8.75. The molecular formula is C8H18OZn. The molecule has 0 aromatic carbocycles. The van der Waals surface area contributed by atoms with Crippen molar-refractivity contribution in [1.29, 1.82) is 0 Å². The van der Waals surface area contributed by atoms with Crippen LogP contribution in [0.4, 0.5) is 0 Å². The Morgan fingerprint density at radius 1 is 1.30 bits per heavy atom. The predicted octanol–water partition coefficient (Wildman–Crippen LogP) is 2.19. The molecule has 0 bridgehead atoms. The summed E-state index contributed by atoms with van der Waals surface area (Å²) in [4.78, 5) is 0. The first-order valence-corrected chi connectivity index (χ1v) is 3.96. The molecule has 0 saturated heterocycles. The maximum Gasteiger partial charge on any atom is 0.0459 e. The number of unbranched alkanes of at least 4 members (excludes halogenated alkanes) is 1.